The van der Waals surface area contributed by atoms with E-state index in [1.54, 1.807) is 18.2 Å². The minimum atomic E-state index is -0.534. The van der Waals surface area contributed by atoms with Crippen molar-refractivity contribution >= 4 is 34.6 Å². The number of thiophene rings is 1. The first kappa shape index (κ1) is 14.9. The van der Waals surface area contributed by atoms with E-state index < -0.39 is 5.60 Å². The molecule has 0 aliphatic heterocycles. The van der Waals surface area contributed by atoms with E-state index in [4.69, 9.17) is 22.1 Å². The summed E-state index contributed by atoms with van der Waals surface area (Å²) >= 11 is 7.19. The Labute approximate surface area is 127 Å². The van der Waals surface area contributed by atoms with Crippen LogP contribution in [-0.2, 0) is 4.74 Å². The van der Waals surface area contributed by atoms with Gasteiger partial charge in [-0.15, -0.1) is 11.3 Å². The maximum absolute atomic E-state index is 12.1. The highest BCUT2D eigenvalue weighted by molar-refractivity contribution is 7.18. The molecule has 0 bridgehead atoms. The van der Waals surface area contributed by atoms with E-state index in [1.165, 1.54) is 11.3 Å². The van der Waals surface area contributed by atoms with E-state index >= 15 is 0 Å². The van der Waals surface area contributed by atoms with Crippen LogP contribution in [0.25, 0.3) is 10.4 Å². The quantitative estimate of drug-likeness (QED) is 0.824. The Morgan fingerprint density at radius 1 is 1.25 bits per heavy atom. The van der Waals surface area contributed by atoms with Gasteiger partial charge in [0.2, 0.25) is 0 Å². The SMILES string of the molecule is CC(C)(C)OC(=O)c1sc(-c2ccc(Cl)cc2)cc1N. The van der Waals surface area contributed by atoms with Gasteiger partial charge in [-0.1, -0.05) is 23.7 Å². The topological polar surface area (TPSA) is 52.3 Å². The average Bonchev–Trinajstić information content (AvgIpc) is 2.70. The molecule has 1 heterocycles. The van der Waals surface area contributed by atoms with Crippen LogP contribution in [0.3, 0.4) is 0 Å². The van der Waals surface area contributed by atoms with E-state index in [0.29, 0.717) is 15.6 Å². The van der Waals surface area contributed by atoms with Crippen LogP contribution in [0.2, 0.25) is 5.02 Å². The minimum Gasteiger partial charge on any atom is -0.456 e. The molecule has 2 aromatic rings. The third-order valence-electron chi connectivity index (χ3n) is 2.47. The molecule has 0 unspecified atom stereocenters. The summed E-state index contributed by atoms with van der Waals surface area (Å²) in [6, 6.07) is 9.19. The number of halogens is 1. The molecule has 0 aliphatic rings. The summed E-state index contributed by atoms with van der Waals surface area (Å²) in [4.78, 5) is 13.4. The molecule has 1 aromatic carbocycles. The number of hydrogen-bond acceptors (Lipinski definition) is 4. The Morgan fingerprint density at radius 2 is 1.85 bits per heavy atom. The van der Waals surface area contributed by atoms with Crippen molar-refractivity contribution in [3.8, 4) is 10.4 Å². The van der Waals surface area contributed by atoms with E-state index in [0.717, 1.165) is 10.4 Å². The van der Waals surface area contributed by atoms with Gasteiger partial charge in [-0.05, 0) is 44.5 Å². The number of hydrogen-bond donors (Lipinski definition) is 1. The lowest BCUT2D eigenvalue weighted by Crippen LogP contribution is -2.23. The summed E-state index contributed by atoms with van der Waals surface area (Å²) in [6.45, 7) is 5.48. The van der Waals surface area contributed by atoms with Crippen molar-refractivity contribution in [1.82, 2.24) is 0 Å². The third-order valence-corrected chi connectivity index (χ3v) is 3.91. The van der Waals surface area contributed by atoms with Gasteiger partial charge in [-0.25, -0.2) is 4.79 Å². The molecule has 0 atom stereocenters. The van der Waals surface area contributed by atoms with Crippen LogP contribution in [0.5, 0.6) is 0 Å². The fourth-order valence-corrected chi connectivity index (χ4v) is 2.73. The molecule has 5 heteroatoms. The average molecular weight is 310 g/mol. The number of nitrogen functional groups attached to an aromatic ring is 1. The highest BCUT2D eigenvalue weighted by Crippen LogP contribution is 2.34. The van der Waals surface area contributed by atoms with E-state index in [-0.39, 0.29) is 5.97 Å². The van der Waals surface area contributed by atoms with Crippen molar-refractivity contribution in [1.29, 1.82) is 0 Å². The van der Waals surface area contributed by atoms with Gasteiger partial charge in [0, 0.05) is 9.90 Å². The second-order valence-corrected chi connectivity index (χ2v) is 6.89. The molecule has 106 valence electrons. The normalized spacial score (nSPS) is 11.4. The maximum Gasteiger partial charge on any atom is 0.350 e. The summed E-state index contributed by atoms with van der Waals surface area (Å²) in [7, 11) is 0. The van der Waals surface area contributed by atoms with Gasteiger partial charge in [0.15, 0.2) is 0 Å². The molecular weight excluding hydrogens is 294 g/mol. The van der Waals surface area contributed by atoms with Crippen molar-refractivity contribution in [2.75, 3.05) is 5.73 Å². The third kappa shape index (κ3) is 3.52. The van der Waals surface area contributed by atoms with Gasteiger partial charge in [-0.2, -0.15) is 0 Å². The van der Waals surface area contributed by atoms with Crippen LogP contribution in [0.15, 0.2) is 30.3 Å². The number of carbonyl (C=O) groups is 1. The summed E-state index contributed by atoms with van der Waals surface area (Å²) in [5.74, 6) is -0.389. The first-order valence-electron chi connectivity index (χ1n) is 6.15. The van der Waals surface area contributed by atoms with Crippen LogP contribution in [0.1, 0.15) is 30.4 Å². The first-order valence-corrected chi connectivity index (χ1v) is 7.34. The van der Waals surface area contributed by atoms with Crippen LogP contribution in [-0.4, -0.2) is 11.6 Å². The fourth-order valence-electron chi connectivity index (χ4n) is 1.65. The molecule has 0 radical (unpaired) electrons. The van der Waals surface area contributed by atoms with Crippen LogP contribution in [0, 0.1) is 0 Å². The van der Waals surface area contributed by atoms with E-state index in [1.807, 2.05) is 32.9 Å². The second kappa shape index (κ2) is 5.46. The molecule has 0 spiro atoms. The second-order valence-electron chi connectivity index (χ2n) is 5.40. The number of rotatable bonds is 2. The Balaban J connectivity index is 2.30. The summed E-state index contributed by atoms with van der Waals surface area (Å²) in [6.07, 6.45) is 0. The van der Waals surface area contributed by atoms with Gasteiger partial charge >= 0.3 is 5.97 Å². The Kier molecular flexibility index (Phi) is 4.06. The number of carbonyl (C=O) groups excluding carboxylic acids is 1. The molecule has 0 aliphatic carbocycles. The van der Waals surface area contributed by atoms with Crippen molar-refractivity contribution in [2.45, 2.75) is 26.4 Å². The Hall–Kier alpha value is -1.52. The highest BCUT2D eigenvalue weighted by atomic mass is 35.5. The minimum absolute atomic E-state index is 0.389. The molecule has 0 saturated carbocycles. The zero-order valence-corrected chi connectivity index (χ0v) is 13.1. The predicted octanol–water partition coefficient (Wildman–Crippen LogP) is 4.61. The zero-order valence-electron chi connectivity index (χ0n) is 11.6. The van der Waals surface area contributed by atoms with Crippen molar-refractivity contribution in [3.63, 3.8) is 0 Å². The Morgan fingerprint density at radius 3 is 2.40 bits per heavy atom. The number of anilines is 1. The van der Waals surface area contributed by atoms with Crippen molar-refractivity contribution < 1.29 is 9.53 Å². The van der Waals surface area contributed by atoms with E-state index in [2.05, 4.69) is 0 Å². The molecule has 20 heavy (non-hydrogen) atoms. The largest absolute Gasteiger partial charge is 0.456 e. The summed E-state index contributed by atoms with van der Waals surface area (Å²) < 4.78 is 5.34. The molecule has 0 fully saturated rings. The molecule has 2 N–H and O–H groups in total. The molecule has 2 rings (SSSR count). The standard InChI is InChI=1S/C15H16ClNO2S/c1-15(2,3)19-14(18)13-11(17)8-12(20-13)9-4-6-10(16)7-5-9/h4-8H,17H2,1-3H3. The summed E-state index contributed by atoms with van der Waals surface area (Å²) in [5.41, 5.74) is 6.79. The highest BCUT2D eigenvalue weighted by Gasteiger charge is 2.22. The first-order chi connectivity index (χ1) is 9.26. The van der Waals surface area contributed by atoms with Gasteiger partial charge in [0.05, 0.1) is 5.69 Å². The van der Waals surface area contributed by atoms with Crippen LogP contribution < -0.4 is 5.73 Å². The zero-order chi connectivity index (χ0) is 14.9. The summed E-state index contributed by atoms with van der Waals surface area (Å²) in [5, 5.41) is 0.672. The van der Waals surface area contributed by atoms with Crippen molar-refractivity contribution in [3.05, 3.63) is 40.2 Å². The molecule has 1 aromatic heterocycles. The number of nitrogens with two attached hydrogens (primary N) is 1. The van der Waals surface area contributed by atoms with Gasteiger partial charge in [-0.3, -0.25) is 0 Å². The predicted molar refractivity (Wildman–Crippen MR) is 84.3 cm³/mol. The van der Waals surface area contributed by atoms with Crippen LogP contribution in [0.4, 0.5) is 5.69 Å². The molecule has 0 amide bonds. The lowest BCUT2D eigenvalue weighted by Gasteiger charge is -2.18. The monoisotopic (exact) mass is 309 g/mol. The van der Waals surface area contributed by atoms with Crippen molar-refractivity contribution in [2.24, 2.45) is 0 Å². The molecular formula is C15H16ClNO2S. The van der Waals surface area contributed by atoms with Crippen LogP contribution >= 0.6 is 22.9 Å². The number of ether oxygens (including phenoxy) is 1. The molecule has 3 nitrogen and oxygen atoms in total. The smallest absolute Gasteiger partial charge is 0.350 e. The Bertz CT molecular complexity index is 626. The molecule has 0 saturated heterocycles. The lowest BCUT2D eigenvalue weighted by atomic mass is 10.2. The lowest BCUT2D eigenvalue weighted by molar-refractivity contribution is 0.00764. The number of esters is 1. The number of benzene rings is 1. The maximum atomic E-state index is 12.1. The van der Waals surface area contributed by atoms with Gasteiger partial charge < -0.3 is 10.5 Å². The van der Waals surface area contributed by atoms with Gasteiger partial charge in [0.25, 0.3) is 0 Å². The van der Waals surface area contributed by atoms with E-state index in [9.17, 15) is 4.79 Å². The van der Waals surface area contributed by atoms with Gasteiger partial charge in [0.1, 0.15) is 10.5 Å². The fraction of sp³-hybridized carbons (Fsp3) is 0.267.